The molecule has 3 N–H and O–H groups in total. The van der Waals surface area contributed by atoms with Crippen LogP contribution in [-0.2, 0) is 14.3 Å². The molecular weight excluding hydrogens is 184 g/mol. The molecule has 1 atom stereocenters. The number of nitrogens with one attached hydrogen (secondary N) is 1. The molecule has 1 saturated heterocycles. The fourth-order valence-corrected chi connectivity index (χ4v) is 1.44. The molecule has 0 aromatic heterocycles. The Bertz CT molecular complexity index is 257. The van der Waals surface area contributed by atoms with E-state index < -0.39 is 17.4 Å². The van der Waals surface area contributed by atoms with Crippen molar-refractivity contribution in [3.63, 3.8) is 0 Å². The first-order valence-electron chi connectivity index (χ1n) is 4.43. The molecule has 14 heavy (non-hydrogen) atoms. The molecule has 5 heteroatoms. The summed E-state index contributed by atoms with van der Waals surface area (Å²) in [4.78, 5) is 22.3. The van der Waals surface area contributed by atoms with Crippen molar-refractivity contribution < 1.29 is 14.3 Å². The van der Waals surface area contributed by atoms with Gasteiger partial charge in [-0.15, -0.1) is 0 Å². The van der Waals surface area contributed by atoms with Crippen molar-refractivity contribution in [1.82, 2.24) is 5.32 Å². The van der Waals surface area contributed by atoms with Crippen LogP contribution in [0.2, 0.25) is 0 Å². The van der Waals surface area contributed by atoms with E-state index in [1.54, 1.807) is 0 Å². The molecule has 2 amide bonds. The first-order valence-corrected chi connectivity index (χ1v) is 4.43. The zero-order valence-corrected chi connectivity index (χ0v) is 7.91. The van der Waals surface area contributed by atoms with E-state index in [0.29, 0.717) is 19.4 Å². The van der Waals surface area contributed by atoms with Gasteiger partial charge in [-0.1, -0.05) is 6.58 Å². The van der Waals surface area contributed by atoms with Gasteiger partial charge < -0.3 is 15.8 Å². The van der Waals surface area contributed by atoms with Crippen molar-refractivity contribution in [2.45, 2.75) is 18.4 Å². The van der Waals surface area contributed by atoms with Crippen molar-refractivity contribution in [3.05, 3.63) is 12.7 Å². The third-order valence-corrected chi connectivity index (χ3v) is 2.26. The molecule has 78 valence electrons. The largest absolute Gasteiger partial charge is 0.378 e. The first kappa shape index (κ1) is 10.7. The minimum Gasteiger partial charge on any atom is -0.378 e. The predicted octanol–water partition coefficient (Wildman–Crippen LogP) is -0.677. The second-order valence-electron chi connectivity index (χ2n) is 3.30. The van der Waals surface area contributed by atoms with Gasteiger partial charge in [0.05, 0.1) is 6.61 Å². The summed E-state index contributed by atoms with van der Waals surface area (Å²) in [6.07, 6.45) is 2.33. The predicted molar refractivity (Wildman–Crippen MR) is 50.3 cm³/mol. The van der Waals surface area contributed by atoms with Crippen LogP contribution in [0.3, 0.4) is 0 Å². The fourth-order valence-electron chi connectivity index (χ4n) is 1.44. The summed E-state index contributed by atoms with van der Waals surface area (Å²) in [5.74, 6) is -0.971. The fraction of sp³-hybridized carbons (Fsp3) is 0.556. The summed E-state index contributed by atoms with van der Waals surface area (Å²) < 4.78 is 5.14. The van der Waals surface area contributed by atoms with Gasteiger partial charge in [0, 0.05) is 6.61 Å². The number of rotatable bonds is 3. The Morgan fingerprint density at radius 3 is 2.71 bits per heavy atom. The molecule has 0 aromatic rings. The van der Waals surface area contributed by atoms with Crippen molar-refractivity contribution in [2.75, 3.05) is 13.2 Å². The minimum atomic E-state index is -1.05. The number of ether oxygens (including phenoxy) is 1. The Kier molecular flexibility index (Phi) is 3.24. The quantitative estimate of drug-likeness (QED) is 0.590. The van der Waals surface area contributed by atoms with Gasteiger partial charge >= 0.3 is 0 Å². The summed E-state index contributed by atoms with van der Waals surface area (Å²) in [7, 11) is 0. The third-order valence-electron chi connectivity index (χ3n) is 2.26. The monoisotopic (exact) mass is 198 g/mol. The van der Waals surface area contributed by atoms with Crippen LogP contribution in [0.1, 0.15) is 12.8 Å². The number of hydrogen-bond donors (Lipinski definition) is 2. The van der Waals surface area contributed by atoms with Gasteiger partial charge in [0.2, 0.25) is 11.8 Å². The van der Waals surface area contributed by atoms with E-state index in [1.165, 1.54) is 0 Å². The molecule has 1 aliphatic heterocycles. The van der Waals surface area contributed by atoms with E-state index in [4.69, 9.17) is 10.5 Å². The van der Waals surface area contributed by atoms with E-state index in [0.717, 1.165) is 6.08 Å². The minimum absolute atomic E-state index is 0.141. The summed E-state index contributed by atoms with van der Waals surface area (Å²) in [6, 6.07) is 0. The molecule has 0 aromatic carbocycles. The Morgan fingerprint density at radius 1 is 1.57 bits per heavy atom. The number of primary amides is 1. The Labute approximate surface area is 82.3 Å². The molecule has 0 radical (unpaired) electrons. The molecular formula is C9H14N2O3. The summed E-state index contributed by atoms with van der Waals surface area (Å²) in [6.45, 7) is 4.05. The second-order valence-corrected chi connectivity index (χ2v) is 3.30. The maximum atomic E-state index is 11.2. The van der Waals surface area contributed by atoms with E-state index in [1.807, 2.05) is 0 Å². The van der Waals surface area contributed by atoms with Crippen molar-refractivity contribution in [3.8, 4) is 0 Å². The van der Waals surface area contributed by atoms with Gasteiger partial charge in [-0.2, -0.15) is 0 Å². The van der Waals surface area contributed by atoms with Crippen LogP contribution in [0, 0.1) is 0 Å². The van der Waals surface area contributed by atoms with E-state index in [-0.39, 0.29) is 6.61 Å². The lowest BCUT2D eigenvalue weighted by Gasteiger charge is -2.34. The molecule has 0 aliphatic carbocycles. The van der Waals surface area contributed by atoms with Crippen molar-refractivity contribution in [2.24, 2.45) is 5.73 Å². The van der Waals surface area contributed by atoms with Gasteiger partial charge in [-0.3, -0.25) is 9.59 Å². The summed E-state index contributed by atoms with van der Waals surface area (Å²) >= 11 is 0. The highest BCUT2D eigenvalue weighted by Crippen LogP contribution is 2.18. The van der Waals surface area contributed by atoms with E-state index >= 15 is 0 Å². The topological polar surface area (TPSA) is 81.4 Å². The van der Waals surface area contributed by atoms with Gasteiger partial charge in [0.15, 0.2) is 0 Å². The lowest BCUT2D eigenvalue weighted by atomic mass is 9.91. The second kappa shape index (κ2) is 4.23. The van der Waals surface area contributed by atoms with E-state index in [2.05, 4.69) is 11.9 Å². The summed E-state index contributed by atoms with van der Waals surface area (Å²) in [5, 5.41) is 2.52. The van der Waals surface area contributed by atoms with Crippen LogP contribution < -0.4 is 11.1 Å². The first-order chi connectivity index (χ1) is 6.60. The standard InChI is InChI=1S/C9H14N2O3/c1-2-7(12)11-9(8(10)13)4-3-5-14-6-9/h2H,1,3-6H2,(H2,10,13)(H,11,12)/t9-/m1/s1. The number of nitrogens with two attached hydrogens (primary N) is 1. The average molecular weight is 198 g/mol. The van der Waals surface area contributed by atoms with Crippen LogP contribution in [-0.4, -0.2) is 30.6 Å². The zero-order valence-electron chi connectivity index (χ0n) is 7.91. The lowest BCUT2D eigenvalue weighted by molar-refractivity contribution is -0.135. The van der Waals surface area contributed by atoms with Crippen LogP contribution >= 0.6 is 0 Å². The van der Waals surface area contributed by atoms with Gasteiger partial charge in [0.1, 0.15) is 5.54 Å². The molecule has 5 nitrogen and oxygen atoms in total. The van der Waals surface area contributed by atoms with Crippen molar-refractivity contribution >= 4 is 11.8 Å². The van der Waals surface area contributed by atoms with Crippen LogP contribution in [0.25, 0.3) is 0 Å². The van der Waals surface area contributed by atoms with Crippen LogP contribution in [0.15, 0.2) is 12.7 Å². The normalized spacial score (nSPS) is 26.6. The Hall–Kier alpha value is -1.36. The lowest BCUT2D eigenvalue weighted by Crippen LogP contribution is -2.61. The highest BCUT2D eigenvalue weighted by Gasteiger charge is 2.39. The van der Waals surface area contributed by atoms with Gasteiger partial charge in [0.25, 0.3) is 0 Å². The summed E-state index contributed by atoms with van der Waals surface area (Å²) in [5.41, 5.74) is 4.19. The van der Waals surface area contributed by atoms with Gasteiger partial charge in [-0.05, 0) is 18.9 Å². The molecule has 0 saturated carbocycles. The third kappa shape index (κ3) is 2.11. The molecule has 0 unspecified atom stereocenters. The maximum Gasteiger partial charge on any atom is 0.245 e. The Morgan fingerprint density at radius 2 is 2.29 bits per heavy atom. The number of amides is 2. The highest BCUT2D eigenvalue weighted by atomic mass is 16.5. The molecule has 0 bridgehead atoms. The van der Waals surface area contributed by atoms with Gasteiger partial charge in [-0.25, -0.2) is 0 Å². The number of carbonyl (C=O) groups excluding carboxylic acids is 2. The van der Waals surface area contributed by atoms with E-state index in [9.17, 15) is 9.59 Å². The molecule has 1 rings (SSSR count). The molecule has 1 aliphatic rings. The van der Waals surface area contributed by atoms with Crippen LogP contribution in [0.5, 0.6) is 0 Å². The smallest absolute Gasteiger partial charge is 0.245 e. The Balaban J connectivity index is 2.75. The maximum absolute atomic E-state index is 11.2. The number of carbonyl (C=O) groups is 2. The highest BCUT2D eigenvalue weighted by molar-refractivity contribution is 5.94. The average Bonchev–Trinajstić information content (AvgIpc) is 2.19. The molecule has 1 fully saturated rings. The molecule has 1 heterocycles. The molecule has 0 spiro atoms. The van der Waals surface area contributed by atoms with Crippen LogP contribution in [0.4, 0.5) is 0 Å². The van der Waals surface area contributed by atoms with Crippen molar-refractivity contribution in [1.29, 1.82) is 0 Å². The SMILES string of the molecule is C=CC(=O)N[C@]1(C(N)=O)CCCOC1. The zero-order chi connectivity index (χ0) is 10.6. The number of hydrogen-bond acceptors (Lipinski definition) is 3.